The summed E-state index contributed by atoms with van der Waals surface area (Å²) in [6.45, 7) is 3.94. The van der Waals surface area contributed by atoms with E-state index in [1.54, 1.807) is 18.2 Å². The first-order valence-electron chi connectivity index (χ1n) is 10.2. The third-order valence-corrected chi connectivity index (χ3v) is 5.43. The lowest BCUT2D eigenvalue weighted by Gasteiger charge is -2.28. The molecule has 1 atom stereocenters. The molecule has 2 N–H and O–H groups in total. The molecule has 6 nitrogen and oxygen atoms in total. The molecule has 0 unspecified atom stereocenters. The molecule has 150 valence electrons. The van der Waals surface area contributed by atoms with Gasteiger partial charge in [-0.15, -0.1) is 0 Å². The molecular formula is C22H28N2O4. The summed E-state index contributed by atoms with van der Waals surface area (Å²) in [5, 5.41) is 6.08. The topological polar surface area (TPSA) is 88.4 Å². The molecule has 1 aromatic heterocycles. The molecule has 0 aliphatic heterocycles. The lowest BCUT2D eigenvalue weighted by atomic mass is 9.84. The van der Waals surface area contributed by atoms with E-state index >= 15 is 0 Å². The monoisotopic (exact) mass is 384 g/mol. The second-order valence-electron chi connectivity index (χ2n) is 7.64. The van der Waals surface area contributed by atoms with Crippen LogP contribution >= 0.6 is 0 Å². The van der Waals surface area contributed by atoms with Crippen LogP contribution in [0, 0.1) is 5.92 Å². The Bertz CT molecular complexity index is 912. The number of hydrogen-bond donors (Lipinski definition) is 2. The van der Waals surface area contributed by atoms with Gasteiger partial charge >= 0.3 is 0 Å². The van der Waals surface area contributed by atoms with Crippen molar-refractivity contribution in [3.05, 3.63) is 40.2 Å². The second kappa shape index (κ2) is 9.04. The third-order valence-electron chi connectivity index (χ3n) is 5.43. The van der Waals surface area contributed by atoms with E-state index in [1.807, 2.05) is 13.8 Å². The Morgan fingerprint density at radius 1 is 1.18 bits per heavy atom. The number of carbonyl (C=O) groups is 2. The third kappa shape index (κ3) is 4.80. The summed E-state index contributed by atoms with van der Waals surface area (Å²) in [4.78, 5) is 36.8. The number of fused-ring (bicyclic) bond motifs is 1. The van der Waals surface area contributed by atoms with Crippen molar-refractivity contribution < 1.29 is 14.0 Å². The molecule has 1 aromatic carbocycles. The highest BCUT2D eigenvalue weighted by Crippen LogP contribution is 2.26. The summed E-state index contributed by atoms with van der Waals surface area (Å²) in [6, 6.07) is 6.14. The molecule has 0 spiro atoms. The van der Waals surface area contributed by atoms with Gasteiger partial charge in [0.25, 0.3) is 5.91 Å². The lowest BCUT2D eigenvalue weighted by Crippen LogP contribution is -2.39. The summed E-state index contributed by atoms with van der Waals surface area (Å²) in [6.07, 6.45) is 7.08. The summed E-state index contributed by atoms with van der Waals surface area (Å²) < 4.78 is 5.68. The molecule has 1 fully saturated rings. The molecule has 1 aliphatic rings. The molecule has 6 heteroatoms. The molecule has 0 radical (unpaired) electrons. The number of hydrogen-bond acceptors (Lipinski definition) is 4. The zero-order valence-electron chi connectivity index (χ0n) is 16.5. The Morgan fingerprint density at radius 2 is 1.93 bits per heavy atom. The average molecular weight is 384 g/mol. The van der Waals surface area contributed by atoms with E-state index in [0.29, 0.717) is 29.0 Å². The van der Waals surface area contributed by atoms with Crippen molar-refractivity contribution in [3.8, 4) is 0 Å². The summed E-state index contributed by atoms with van der Waals surface area (Å²) >= 11 is 0. The van der Waals surface area contributed by atoms with Crippen molar-refractivity contribution in [2.75, 3.05) is 5.32 Å². The first kappa shape index (κ1) is 20.1. The predicted octanol–water partition coefficient (Wildman–Crippen LogP) is 4.23. The standard InChI is InChI=1S/C22H28N2O4/c1-3-7-21(26)24-16-10-11-19-17(12-16)18(25)13-20(28-19)22(27)23-14(2)15-8-5-4-6-9-15/h10-15H,3-9H2,1-2H3,(H,23,27)(H,24,26)/t14-/m0/s1. The van der Waals surface area contributed by atoms with Gasteiger partial charge in [-0.2, -0.15) is 0 Å². The van der Waals surface area contributed by atoms with Crippen molar-refractivity contribution in [1.29, 1.82) is 0 Å². The van der Waals surface area contributed by atoms with Gasteiger partial charge in [0.15, 0.2) is 11.2 Å². The number of anilines is 1. The van der Waals surface area contributed by atoms with Gasteiger partial charge in [-0.05, 0) is 50.3 Å². The van der Waals surface area contributed by atoms with Crippen LogP contribution in [0.25, 0.3) is 11.0 Å². The Morgan fingerprint density at radius 3 is 2.64 bits per heavy atom. The highest BCUT2D eigenvalue weighted by atomic mass is 16.3. The van der Waals surface area contributed by atoms with Gasteiger partial charge in [-0.3, -0.25) is 14.4 Å². The van der Waals surface area contributed by atoms with E-state index in [-0.39, 0.29) is 29.0 Å². The number of nitrogens with one attached hydrogen (secondary N) is 2. The molecule has 0 bridgehead atoms. The van der Waals surface area contributed by atoms with Gasteiger partial charge in [0.05, 0.1) is 5.39 Å². The van der Waals surface area contributed by atoms with E-state index < -0.39 is 0 Å². The van der Waals surface area contributed by atoms with Crippen molar-refractivity contribution in [2.45, 2.75) is 64.8 Å². The van der Waals surface area contributed by atoms with E-state index in [9.17, 15) is 14.4 Å². The normalized spacial score (nSPS) is 15.9. The average Bonchev–Trinajstić information content (AvgIpc) is 2.69. The van der Waals surface area contributed by atoms with Crippen molar-refractivity contribution in [2.24, 2.45) is 5.92 Å². The quantitative estimate of drug-likeness (QED) is 0.780. The van der Waals surface area contributed by atoms with Crippen LogP contribution in [0.5, 0.6) is 0 Å². The van der Waals surface area contributed by atoms with Gasteiger partial charge in [0.1, 0.15) is 5.58 Å². The van der Waals surface area contributed by atoms with Gasteiger partial charge in [-0.25, -0.2) is 0 Å². The summed E-state index contributed by atoms with van der Waals surface area (Å²) in [7, 11) is 0. The molecule has 28 heavy (non-hydrogen) atoms. The molecule has 2 aromatic rings. The number of amides is 2. The van der Waals surface area contributed by atoms with Gasteiger partial charge in [-0.1, -0.05) is 26.2 Å². The molecule has 3 rings (SSSR count). The summed E-state index contributed by atoms with van der Waals surface area (Å²) in [5.41, 5.74) is 0.571. The smallest absolute Gasteiger partial charge is 0.287 e. The van der Waals surface area contributed by atoms with Gasteiger partial charge in [0, 0.05) is 24.2 Å². The van der Waals surface area contributed by atoms with Crippen LogP contribution in [0.4, 0.5) is 5.69 Å². The Labute approximate surface area is 164 Å². The lowest BCUT2D eigenvalue weighted by molar-refractivity contribution is -0.116. The minimum absolute atomic E-state index is 0.0166. The maximum absolute atomic E-state index is 12.6. The highest BCUT2D eigenvalue weighted by molar-refractivity contribution is 5.95. The maximum Gasteiger partial charge on any atom is 0.287 e. The molecular weight excluding hydrogens is 356 g/mol. The van der Waals surface area contributed by atoms with Crippen molar-refractivity contribution >= 4 is 28.5 Å². The van der Waals surface area contributed by atoms with E-state index in [0.717, 1.165) is 19.3 Å². The van der Waals surface area contributed by atoms with Crippen molar-refractivity contribution in [1.82, 2.24) is 5.32 Å². The van der Waals surface area contributed by atoms with Crippen LogP contribution in [0.3, 0.4) is 0 Å². The number of benzene rings is 1. The zero-order valence-corrected chi connectivity index (χ0v) is 16.5. The Hall–Kier alpha value is -2.63. The van der Waals surface area contributed by atoms with E-state index in [4.69, 9.17) is 4.42 Å². The van der Waals surface area contributed by atoms with E-state index in [2.05, 4.69) is 10.6 Å². The highest BCUT2D eigenvalue weighted by Gasteiger charge is 2.23. The first-order valence-corrected chi connectivity index (χ1v) is 10.2. The van der Waals surface area contributed by atoms with Crippen LogP contribution < -0.4 is 16.1 Å². The largest absolute Gasteiger partial charge is 0.451 e. The Balaban J connectivity index is 1.76. The molecule has 1 heterocycles. The minimum Gasteiger partial charge on any atom is -0.451 e. The van der Waals surface area contributed by atoms with Crippen LogP contribution in [0.2, 0.25) is 0 Å². The van der Waals surface area contributed by atoms with E-state index in [1.165, 1.54) is 25.3 Å². The number of carbonyl (C=O) groups excluding carboxylic acids is 2. The van der Waals surface area contributed by atoms with Crippen molar-refractivity contribution in [3.63, 3.8) is 0 Å². The molecule has 0 saturated heterocycles. The van der Waals surface area contributed by atoms with Crippen LogP contribution in [0.1, 0.15) is 69.3 Å². The summed E-state index contributed by atoms with van der Waals surface area (Å²) in [5.74, 6) is 0.0263. The van der Waals surface area contributed by atoms with Gasteiger partial charge < -0.3 is 15.1 Å². The second-order valence-corrected chi connectivity index (χ2v) is 7.64. The maximum atomic E-state index is 12.6. The number of rotatable bonds is 6. The molecule has 1 saturated carbocycles. The SMILES string of the molecule is CCCC(=O)Nc1ccc2oc(C(=O)N[C@@H](C)C3CCCCC3)cc(=O)c2c1. The fraction of sp³-hybridized carbons (Fsp3) is 0.500. The zero-order chi connectivity index (χ0) is 20.1. The fourth-order valence-corrected chi connectivity index (χ4v) is 3.83. The van der Waals surface area contributed by atoms with Gasteiger partial charge in [0.2, 0.25) is 5.91 Å². The van der Waals surface area contributed by atoms with Crippen LogP contribution in [-0.4, -0.2) is 17.9 Å². The van der Waals surface area contributed by atoms with Crippen LogP contribution in [0.15, 0.2) is 33.5 Å². The minimum atomic E-state index is -0.364. The fourth-order valence-electron chi connectivity index (χ4n) is 3.83. The Kier molecular flexibility index (Phi) is 6.49. The predicted molar refractivity (Wildman–Crippen MR) is 110 cm³/mol. The van der Waals surface area contributed by atoms with Crippen LogP contribution in [-0.2, 0) is 4.79 Å². The molecule has 2 amide bonds. The molecule has 1 aliphatic carbocycles. The first-order chi connectivity index (χ1) is 13.5.